The molecule has 0 radical (unpaired) electrons. The van der Waals surface area contributed by atoms with E-state index in [0.29, 0.717) is 34.3 Å². The summed E-state index contributed by atoms with van der Waals surface area (Å²) >= 11 is 6.40. The molecule has 3 aromatic rings. The predicted molar refractivity (Wildman–Crippen MR) is 111 cm³/mol. The largest absolute Gasteiger partial charge is 0.353 e. The zero-order valence-electron chi connectivity index (χ0n) is 15.5. The van der Waals surface area contributed by atoms with Gasteiger partial charge < -0.3 is 15.6 Å². The maximum atomic E-state index is 12.6. The summed E-state index contributed by atoms with van der Waals surface area (Å²) in [6, 6.07) is 8.39. The van der Waals surface area contributed by atoms with E-state index in [2.05, 4.69) is 25.6 Å². The molecule has 144 valence electrons. The first-order valence-electron chi connectivity index (χ1n) is 9.89. The summed E-state index contributed by atoms with van der Waals surface area (Å²) < 4.78 is 0. The number of anilines is 1. The average molecular weight is 396 g/mol. The smallest absolute Gasteiger partial charge is 0.252 e. The summed E-state index contributed by atoms with van der Waals surface area (Å²) in [5.74, 6) is 0.563. The molecule has 0 unspecified atom stereocenters. The van der Waals surface area contributed by atoms with Crippen molar-refractivity contribution in [2.75, 3.05) is 5.32 Å². The Kier molecular flexibility index (Phi) is 4.43. The Hall–Kier alpha value is -2.60. The van der Waals surface area contributed by atoms with E-state index in [1.54, 1.807) is 6.20 Å². The third-order valence-corrected chi connectivity index (χ3v) is 5.79. The second-order valence-corrected chi connectivity index (χ2v) is 8.12. The molecule has 0 atom stereocenters. The number of rotatable bonds is 5. The van der Waals surface area contributed by atoms with E-state index < -0.39 is 0 Å². The topological polar surface area (TPSA) is 82.7 Å². The van der Waals surface area contributed by atoms with Crippen LogP contribution in [0.4, 0.5) is 5.95 Å². The molecule has 0 aliphatic heterocycles. The molecule has 6 nitrogen and oxygen atoms in total. The molecule has 1 aromatic carbocycles. The summed E-state index contributed by atoms with van der Waals surface area (Å²) in [6.07, 6.45) is 8.53. The first-order chi connectivity index (χ1) is 13.7. The van der Waals surface area contributed by atoms with Crippen molar-refractivity contribution in [2.45, 2.75) is 50.6 Å². The Balaban J connectivity index is 1.49. The Morgan fingerprint density at radius 2 is 1.96 bits per heavy atom. The number of benzene rings is 1. The van der Waals surface area contributed by atoms with E-state index >= 15 is 0 Å². The average Bonchev–Trinajstić information content (AvgIpc) is 3.18. The van der Waals surface area contributed by atoms with Crippen LogP contribution < -0.4 is 10.6 Å². The number of nitrogens with one attached hydrogen (secondary N) is 3. The molecule has 0 bridgehead atoms. The van der Waals surface area contributed by atoms with Gasteiger partial charge in [-0.3, -0.25) is 4.79 Å². The Morgan fingerprint density at radius 1 is 1.14 bits per heavy atom. The zero-order valence-corrected chi connectivity index (χ0v) is 16.2. The number of nitrogens with zero attached hydrogens (tertiary/aromatic N) is 2. The van der Waals surface area contributed by atoms with Crippen LogP contribution in [0.1, 0.15) is 48.9 Å². The molecular weight excluding hydrogens is 374 g/mol. The van der Waals surface area contributed by atoms with Crippen molar-refractivity contribution in [1.82, 2.24) is 20.3 Å². The van der Waals surface area contributed by atoms with Gasteiger partial charge in [0.2, 0.25) is 5.95 Å². The maximum absolute atomic E-state index is 12.6. The van der Waals surface area contributed by atoms with Crippen LogP contribution >= 0.6 is 11.6 Å². The highest BCUT2D eigenvalue weighted by Crippen LogP contribution is 2.31. The van der Waals surface area contributed by atoms with Gasteiger partial charge in [0.25, 0.3) is 5.91 Å². The monoisotopic (exact) mass is 395 g/mol. The SMILES string of the molecule is O=C(NC1CC1)c1cccc2[nH]c(-c3nc(NC4CCCC4)ncc3Cl)cc12. The second kappa shape index (κ2) is 7.09. The highest BCUT2D eigenvalue weighted by atomic mass is 35.5. The molecule has 2 aromatic heterocycles. The minimum absolute atomic E-state index is 0.0315. The molecule has 28 heavy (non-hydrogen) atoms. The highest BCUT2D eigenvalue weighted by Gasteiger charge is 2.25. The molecule has 2 aliphatic carbocycles. The van der Waals surface area contributed by atoms with Crippen LogP contribution in [0.3, 0.4) is 0 Å². The number of H-pyrrole nitrogens is 1. The molecular formula is C21H22ClN5O. The van der Waals surface area contributed by atoms with Crippen molar-refractivity contribution in [3.8, 4) is 11.4 Å². The highest BCUT2D eigenvalue weighted by molar-refractivity contribution is 6.33. The van der Waals surface area contributed by atoms with E-state index in [0.717, 1.165) is 42.3 Å². The van der Waals surface area contributed by atoms with E-state index in [9.17, 15) is 4.79 Å². The van der Waals surface area contributed by atoms with E-state index in [1.807, 2.05) is 24.3 Å². The number of hydrogen-bond acceptors (Lipinski definition) is 4. The fourth-order valence-corrected chi connectivity index (χ4v) is 4.04. The van der Waals surface area contributed by atoms with Crippen LogP contribution in [0, 0.1) is 0 Å². The molecule has 2 aliphatic rings. The van der Waals surface area contributed by atoms with Crippen LogP contribution in [-0.4, -0.2) is 32.9 Å². The molecule has 2 saturated carbocycles. The molecule has 7 heteroatoms. The third kappa shape index (κ3) is 3.44. The van der Waals surface area contributed by atoms with Crippen LogP contribution in [0.2, 0.25) is 5.02 Å². The van der Waals surface area contributed by atoms with E-state index in [1.165, 1.54) is 12.8 Å². The van der Waals surface area contributed by atoms with Gasteiger partial charge in [-0.05, 0) is 43.9 Å². The van der Waals surface area contributed by atoms with Gasteiger partial charge in [0.15, 0.2) is 0 Å². The van der Waals surface area contributed by atoms with E-state index in [4.69, 9.17) is 11.6 Å². The lowest BCUT2D eigenvalue weighted by molar-refractivity contribution is 0.0952. The van der Waals surface area contributed by atoms with Crippen molar-refractivity contribution in [1.29, 1.82) is 0 Å². The summed E-state index contributed by atoms with van der Waals surface area (Å²) in [5, 5.41) is 7.82. The number of fused-ring (bicyclic) bond motifs is 1. The van der Waals surface area contributed by atoms with Crippen LogP contribution in [0.5, 0.6) is 0 Å². The van der Waals surface area contributed by atoms with Crippen LogP contribution in [-0.2, 0) is 0 Å². The van der Waals surface area contributed by atoms with Crippen molar-refractivity contribution in [2.24, 2.45) is 0 Å². The maximum Gasteiger partial charge on any atom is 0.252 e. The number of amides is 1. The first-order valence-corrected chi connectivity index (χ1v) is 10.3. The summed E-state index contributed by atoms with van der Waals surface area (Å²) in [6.45, 7) is 0. The molecule has 0 spiro atoms. The lowest BCUT2D eigenvalue weighted by Gasteiger charge is -2.12. The molecule has 3 N–H and O–H groups in total. The summed E-state index contributed by atoms with van der Waals surface area (Å²) in [4.78, 5) is 24.9. The number of hydrogen-bond donors (Lipinski definition) is 3. The molecule has 1 amide bonds. The Bertz CT molecular complexity index is 1040. The molecule has 0 saturated heterocycles. The number of aromatic nitrogens is 3. The van der Waals surface area contributed by atoms with Crippen molar-refractivity contribution in [3.05, 3.63) is 41.0 Å². The van der Waals surface area contributed by atoms with E-state index in [-0.39, 0.29) is 5.91 Å². The predicted octanol–water partition coefficient (Wildman–Crippen LogP) is 4.53. The molecule has 5 rings (SSSR count). The Morgan fingerprint density at radius 3 is 2.75 bits per heavy atom. The van der Waals surface area contributed by atoms with Crippen molar-refractivity contribution < 1.29 is 4.79 Å². The van der Waals surface area contributed by atoms with Gasteiger partial charge in [-0.2, -0.15) is 0 Å². The minimum Gasteiger partial charge on any atom is -0.353 e. The van der Waals surface area contributed by atoms with Gasteiger partial charge >= 0.3 is 0 Å². The number of halogens is 1. The summed E-state index contributed by atoms with van der Waals surface area (Å²) in [5.41, 5.74) is 2.98. The van der Waals surface area contributed by atoms with Crippen molar-refractivity contribution in [3.63, 3.8) is 0 Å². The Labute approximate surface area is 168 Å². The third-order valence-electron chi connectivity index (χ3n) is 5.51. The van der Waals surface area contributed by atoms with Gasteiger partial charge in [-0.1, -0.05) is 30.5 Å². The van der Waals surface area contributed by atoms with Gasteiger partial charge in [-0.25, -0.2) is 9.97 Å². The lowest BCUT2D eigenvalue weighted by atomic mass is 10.1. The fourth-order valence-electron chi connectivity index (χ4n) is 3.85. The normalized spacial score (nSPS) is 17.2. The van der Waals surface area contributed by atoms with Crippen LogP contribution in [0.15, 0.2) is 30.5 Å². The standard InChI is InChI=1S/C21H22ClN5O/c22-16-11-23-21(25-12-4-1-2-5-12)27-19(16)18-10-15-14(6-3-7-17(15)26-18)20(28)24-13-8-9-13/h3,6-7,10-13,26H,1-2,4-5,8-9H2,(H,24,28)(H,23,25,27). The fraction of sp³-hybridized carbons (Fsp3) is 0.381. The van der Waals surface area contributed by atoms with Crippen molar-refractivity contribution >= 4 is 34.4 Å². The molecule has 2 heterocycles. The number of aromatic amines is 1. The van der Waals surface area contributed by atoms with Gasteiger partial charge in [0.05, 0.1) is 16.9 Å². The lowest BCUT2D eigenvalue weighted by Crippen LogP contribution is -2.25. The van der Waals surface area contributed by atoms with Gasteiger partial charge in [0.1, 0.15) is 5.69 Å². The van der Waals surface area contributed by atoms with Gasteiger partial charge in [0, 0.05) is 28.6 Å². The summed E-state index contributed by atoms with van der Waals surface area (Å²) in [7, 11) is 0. The van der Waals surface area contributed by atoms with Gasteiger partial charge in [-0.15, -0.1) is 0 Å². The quantitative estimate of drug-likeness (QED) is 0.593. The molecule has 2 fully saturated rings. The van der Waals surface area contributed by atoms with Crippen LogP contribution in [0.25, 0.3) is 22.3 Å². The first kappa shape index (κ1) is 17.5. The minimum atomic E-state index is -0.0315. The second-order valence-electron chi connectivity index (χ2n) is 7.71. The number of carbonyl (C=O) groups excluding carboxylic acids is 1. The zero-order chi connectivity index (χ0) is 19.1. The number of carbonyl (C=O) groups is 1.